The molecule has 2 rings (SSSR count). The second kappa shape index (κ2) is 9.06. The van der Waals surface area contributed by atoms with Crippen molar-refractivity contribution in [2.24, 2.45) is 11.8 Å². The van der Waals surface area contributed by atoms with Crippen LogP contribution in [0.3, 0.4) is 0 Å². The molecule has 5 nitrogen and oxygen atoms in total. The van der Waals surface area contributed by atoms with Crippen LogP contribution in [0.15, 0.2) is 18.2 Å². The summed E-state index contributed by atoms with van der Waals surface area (Å²) in [5, 5.41) is 2.99. The molecule has 0 radical (unpaired) electrons. The Morgan fingerprint density at radius 3 is 2.46 bits per heavy atom. The van der Waals surface area contributed by atoms with Crippen molar-refractivity contribution in [3.8, 4) is 0 Å². The molecule has 0 saturated heterocycles. The van der Waals surface area contributed by atoms with Crippen molar-refractivity contribution in [2.75, 3.05) is 30.9 Å². The minimum atomic E-state index is 0.0306. The normalized spacial score (nSPS) is 13.6. The third kappa shape index (κ3) is 5.75. The van der Waals surface area contributed by atoms with Crippen LogP contribution in [0.25, 0.3) is 0 Å². The third-order valence-electron chi connectivity index (χ3n) is 4.53. The molecule has 1 aliphatic rings. The molecule has 1 aliphatic carbocycles. The SMILES string of the molecule is CCCN(Cc1cc(NC(=O)CC(C)C)ccc1N(C)C)C(=O)C1CC1. The van der Waals surface area contributed by atoms with Gasteiger partial charge in [0.15, 0.2) is 0 Å². The molecule has 0 aromatic heterocycles. The van der Waals surface area contributed by atoms with E-state index >= 15 is 0 Å². The van der Waals surface area contributed by atoms with Gasteiger partial charge in [0.2, 0.25) is 11.8 Å². The Balaban J connectivity index is 2.20. The Morgan fingerprint density at radius 2 is 1.92 bits per heavy atom. The van der Waals surface area contributed by atoms with E-state index in [1.165, 1.54) is 0 Å². The largest absolute Gasteiger partial charge is 0.377 e. The summed E-state index contributed by atoms with van der Waals surface area (Å²) in [6.07, 6.45) is 3.49. The summed E-state index contributed by atoms with van der Waals surface area (Å²) in [6.45, 7) is 7.53. The van der Waals surface area contributed by atoms with Crippen molar-refractivity contribution in [2.45, 2.75) is 53.0 Å². The Morgan fingerprint density at radius 1 is 1.23 bits per heavy atom. The van der Waals surface area contributed by atoms with E-state index in [0.717, 1.165) is 42.7 Å². The number of hydrogen-bond acceptors (Lipinski definition) is 3. The Kier molecular flexibility index (Phi) is 7.06. The molecule has 0 spiro atoms. The van der Waals surface area contributed by atoms with Crippen LogP contribution in [0.4, 0.5) is 11.4 Å². The first kappa shape index (κ1) is 20.3. The van der Waals surface area contributed by atoms with Crippen LogP contribution < -0.4 is 10.2 Å². The second-order valence-corrected chi connectivity index (χ2v) is 7.92. The lowest BCUT2D eigenvalue weighted by Crippen LogP contribution is -2.33. The monoisotopic (exact) mass is 359 g/mol. The zero-order valence-corrected chi connectivity index (χ0v) is 16.8. The van der Waals surface area contributed by atoms with E-state index in [4.69, 9.17) is 0 Å². The van der Waals surface area contributed by atoms with Crippen molar-refractivity contribution in [3.05, 3.63) is 23.8 Å². The summed E-state index contributed by atoms with van der Waals surface area (Å²) < 4.78 is 0. The van der Waals surface area contributed by atoms with Crippen molar-refractivity contribution < 1.29 is 9.59 Å². The van der Waals surface area contributed by atoms with Crippen molar-refractivity contribution in [3.63, 3.8) is 0 Å². The molecular formula is C21H33N3O2. The maximum absolute atomic E-state index is 12.6. The maximum atomic E-state index is 12.6. The smallest absolute Gasteiger partial charge is 0.225 e. The molecule has 0 bridgehead atoms. The number of nitrogens with one attached hydrogen (secondary N) is 1. The molecule has 26 heavy (non-hydrogen) atoms. The van der Waals surface area contributed by atoms with Gasteiger partial charge in [-0.25, -0.2) is 0 Å². The second-order valence-electron chi connectivity index (χ2n) is 7.92. The highest BCUT2D eigenvalue weighted by Crippen LogP contribution is 2.32. The van der Waals surface area contributed by atoms with Gasteiger partial charge in [-0.1, -0.05) is 20.8 Å². The first-order valence-electron chi connectivity index (χ1n) is 9.70. The molecule has 0 heterocycles. The lowest BCUT2D eigenvalue weighted by molar-refractivity contribution is -0.133. The van der Waals surface area contributed by atoms with Crippen LogP contribution in [0.2, 0.25) is 0 Å². The summed E-state index contributed by atoms with van der Waals surface area (Å²) in [4.78, 5) is 28.7. The van der Waals surface area contributed by atoms with Crippen molar-refractivity contribution >= 4 is 23.2 Å². The Hall–Kier alpha value is -2.04. The summed E-state index contributed by atoms with van der Waals surface area (Å²) in [6, 6.07) is 5.96. The van der Waals surface area contributed by atoms with E-state index in [1.54, 1.807) is 0 Å². The van der Waals surface area contributed by atoms with Crippen LogP contribution >= 0.6 is 0 Å². The van der Waals surface area contributed by atoms with Gasteiger partial charge in [0.05, 0.1) is 0 Å². The van der Waals surface area contributed by atoms with Gasteiger partial charge >= 0.3 is 0 Å². The number of rotatable bonds is 9. The first-order chi connectivity index (χ1) is 12.3. The Labute approximate surface area is 157 Å². The van der Waals surface area contributed by atoms with Gasteiger partial charge in [-0.05, 0) is 48.9 Å². The maximum Gasteiger partial charge on any atom is 0.225 e. The molecule has 0 atom stereocenters. The third-order valence-corrected chi connectivity index (χ3v) is 4.53. The number of carbonyl (C=O) groups excluding carboxylic acids is 2. The number of hydrogen-bond donors (Lipinski definition) is 1. The molecule has 1 saturated carbocycles. The lowest BCUT2D eigenvalue weighted by atomic mass is 10.1. The molecule has 5 heteroatoms. The highest BCUT2D eigenvalue weighted by Gasteiger charge is 2.33. The summed E-state index contributed by atoms with van der Waals surface area (Å²) in [7, 11) is 4.01. The summed E-state index contributed by atoms with van der Waals surface area (Å²) >= 11 is 0. The fourth-order valence-corrected chi connectivity index (χ4v) is 3.14. The van der Waals surface area contributed by atoms with E-state index < -0.39 is 0 Å². The molecule has 144 valence electrons. The zero-order valence-electron chi connectivity index (χ0n) is 16.8. The van der Waals surface area contributed by atoms with Gasteiger partial charge in [-0.2, -0.15) is 0 Å². The summed E-state index contributed by atoms with van der Waals surface area (Å²) in [5.74, 6) is 0.846. The van der Waals surface area contributed by atoms with Crippen LogP contribution in [-0.4, -0.2) is 37.4 Å². The number of anilines is 2. The molecule has 2 amide bonds. The van der Waals surface area contributed by atoms with Crippen LogP contribution in [-0.2, 0) is 16.1 Å². The molecule has 0 aliphatic heterocycles. The fraction of sp³-hybridized carbons (Fsp3) is 0.619. The van der Waals surface area contributed by atoms with Crippen LogP contribution in [0.1, 0.15) is 52.0 Å². The zero-order chi connectivity index (χ0) is 19.3. The van der Waals surface area contributed by atoms with E-state index in [0.29, 0.717) is 18.9 Å². The minimum Gasteiger partial charge on any atom is -0.377 e. The average molecular weight is 360 g/mol. The number of benzene rings is 1. The first-order valence-corrected chi connectivity index (χ1v) is 9.70. The molecule has 1 aromatic carbocycles. The van der Waals surface area contributed by atoms with E-state index in [-0.39, 0.29) is 17.7 Å². The van der Waals surface area contributed by atoms with E-state index in [9.17, 15) is 9.59 Å². The standard InChI is InChI=1S/C21H33N3O2/c1-6-11-24(21(26)16-7-8-16)14-17-13-18(9-10-19(17)23(4)5)22-20(25)12-15(2)3/h9-10,13,15-16H,6-8,11-12,14H2,1-5H3,(H,22,25). The van der Waals surface area contributed by atoms with Crippen molar-refractivity contribution in [1.82, 2.24) is 4.90 Å². The quantitative estimate of drug-likeness (QED) is 0.728. The minimum absolute atomic E-state index is 0.0306. The van der Waals surface area contributed by atoms with Gasteiger partial charge in [0, 0.05) is 50.9 Å². The number of carbonyl (C=O) groups is 2. The van der Waals surface area contributed by atoms with E-state index in [2.05, 4.69) is 17.1 Å². The van der Waals surface area contributed by atoms with Gasteiger partial charge in [-0.15, -0.1) is 0 Å². The number of nitrogens with zero attached hydrogens (tertiary/aromatic N) is 2. The topological polar surface area (TPSA) is 52.7 Å². The lowest BCUT2D eigenvalue weighted by Gasteiger charge is -2.26. The molecule has 1 N–H and O–H groups in total. The predicted molar refractivity (Wildman–Crippen MR) is 107 cm³/mol. The average Bonchev–Trinajstić information content (AvgIpc) is 3.37. The van der Waals surface area contributed by atoms with Gasteiger partial charge in [0.1, 0.15) is 0 Å². The molecule has 0 unspecified atom stereocenters. The molecule has 1 aromatic rings. The highest BCUT2D eigenvalue weighted by molar-refractivity contribution is 5.91. The number of amides is 2. The predicted octanol–water partition coefficient (Wildman–Crippen LogP) is 3.89. The van der Waals surface area contributed by atoms with Crippen molar-refractivity contribution in [1.29, 1.82) is 0 Å². The van der Waals surface area contributed by atoms with Gasteiger partial charge in [0.25, 0.3) is 0 Å². The fourth-order valence-electron chi connectivity index (χ4n) is 3.14. The Bertz CT molecular complexity index is 636. The van der Waals surface area contributed by atoms with Gasteiger partial charge in [-0.3, -0.25) is 9.59 Å². The summed E-state index contributed by atoms with van der Waals surface area (Å²) in [5.41, 5.74) is 2.95. The molecular weight excluding hydrogens is 326 g/mol. The molecule has 1 fully saturated rings. The van der Waals surface area contributed by atoms with Gasteiger partial charge < -0.3 is 15.1 Å². The van der Waals surface area contributed by atoms with E-state index in [1.807, 2.05) is 51.0 Å². The highest BCUT2D eigenvalue weighted by atomic mass is 16.2. The van der Waals surface area contributed by atoms with Crippen LogP contribution in [0, 0.1) is 11.8 Å². The van der Waals surface area contributed by atoms with Crippen LogP contribution in [0.5, 0.6) is 0 Å².